The van der Waals surface area contributed by atoms with E-state index in [9.17, 15) is 9.59 Å². The van der Waals surface area contributed by atoms with Gasteiger partial charge in [-0.05, 0) is 50.6 Å². The number of para-hydroxylation sites is 1. The summed E-state index contributed by atoms with van der Waals surface area (Å²) in [5, 5.41) is 2.75. The Labute approximate surface area is 160 Å². The summed E-state index contributed by atoms with van der Waals surface area (Å²) < 4.78 is 10.8. The average Bonchev–Trinajstić information content (AvgIpc) is 2.65. The number of anilines is 1. The van der Waals surface area contributed by atoms with Crippen molar-refractivity contribution >= 4 is 23.6 Å². The average molecular weight is 367 g/mol. The van der Waals surface area contributed by atoms with Crippen LogP contribution in [0.15, 0.2) is 54.6 Å². The van der Waals surface area contributed by atoms with Gasteiger partial charge in [0.1, 0.15) is 5.75 Å². The van der Waals surface area contributed by atoms with Gasteiger partial charge in [0.05, 0.1) is 18.3 Å². The first-order chi connectivity index (χ1) is 13.0. The van der Waals surface area contributed by atoms with Crippen LogP contribution in [0.1, 0.15) is 43.1 Å². The summed E-state index contributed by atoms with van der Waals surface area (Å²) in [5.74, 6) is 0.0233. The van der Waals surface area contributed by atoms with Gasteiger partial charge in [-0.15, -0.1) is 0 Å². The van der Waals surface area contributed by atoms with Gasteiger partial charge >= 0.3 is 5.97 Å². The van der Waals surface area contributed by atoms with Gasteiger partial charge in [0.25, 0.3) is 0 Å². The van der Waals surface area contributed by atoms with E-state index < -0.39 is 5.97 Å². The van der Waals surface area contributed by atoms with Crippen molar-refractivity contribution in [2.45, 2.75) is 33.3 Å². The summed E-state index contributed by atoms with van der Waals surface area (Å²) in [6, 6.07) is 14.2. The van der Waals surface area contributed by atoms with Crippen molar-refractivity contribution in [3.05, 3.63) is 65.7 Å². The number of benzene rings is 2. The lowest BCUT2D eigenvalue weighted by Crippen LogP contribution is -2.13. The highest BCUT2D eigenvalue weighted by Gasteiger charge is 2.10. The summed E-state index contributed by atoms with van der Waals surface area (Å²) >= 11 is 0. The summed E-state index contributed by atoms with van der Waals surface area (Å²) in [6.07, 6.45) is 3.85. The van der Waals surface area contributed by atoms with Crippen molar-refractivity contribution in [2.75, 3.05) is 11.9 Å². The van der Waals surface area contributed by atoms with Crippen molar-refractivity contribution in [2.24, 2.45) is 0 Å². The van der Waals surface area contributed by atoms with Gasteiger partial charge in [0.15, 0.2) is 0 Å². The zero-order valence-corrected chi connectivity index (χ0v) is 15.9. The van der Waals surface area contributed by atoms with Crippen LogP contribution in [0.25, 0.3) is 6.08 Å². The molecule has 0 aliphatic carbocycles. The van der Waals surface area contributed by atoms with Crippen LogP contribution < -0.4 is 10.1 Å². The Morgan fingerprint density at radius 2 is 1.89 bits per heavy atom. The van der Waals surface area contributed by atoms with Crippen molar-refractivity contribution in [3.8, 4) is 5.75 Å². The predicted molar refractivity (Wildman–Crippen MR) is 107 cm³/mol. The van der Waals surface area contributed by atoms with Crippen LogP contribution in [0.4, 0.5) is 5.69 Å². The van der Waals surface area contributed by atoms with Crippen LogP contribution in [-0.2, 0) is 9.53 Å². The van der Waals surface area contributed by atoms with Gasteiger partial charge in [-0.3, -0.25) is 4.79 Å². The van der Waals surface area contributed by atoms with Crippen molar-refractivity contribution < 1.29 is 19.1 Å². The number of ether oxygens (including phenoxy) is 2. The van der Waals surface area contributed by atoms with E-state index in [2.05, 4.69) is 5.32 Å². The van der Waals surface area contributed by atoms with Gasteiger partial charge in [0, 0.05) is 17.3 Å². The van der Waals surface area contributed by atoms with E-state index >= 15 is 0 Å². The fourth-order valence-corrected chi connectivity index (χ4v) is 2.32. The second kappa shape index (κ2) is 10.2. The molecule has 0 unspecified atom stereocenters. The van der Waals surface area contributed by atoms with Crippen LogP contribution in [0.3, 0.4) is 0 Å². The maximum absolute atomic E-state index is 12.2. The number of esters is 1. The third-order valence-electron chi connectivity index (χ3n) is 3.50. The molecule has 2 aromatic carbocycles. The van der Waals surface area contributed by atoms with E-state index in [1.807, 2.05) is 31.2 Å². The van der Waals surface area contributed by atoms with Crippen LogP contribution in [0.2, 0.25) is 0 Å². The minimum Gasteiger partial charge on any atom is -0.493 e. The molecule has 2 aromatic rings. The maximum Gasteiger partial charge on any atom is 0.338 e. The highest BCUT2D eigenvalue weighted by Crippen LogP contribution is 2.20. The normalized spacial score (nSPS) is 10.8. The second-order valence-electron chi connectivity index (χ2n) is 6.24. The molecule has 0 fully saturated rings. The molecule has 0 saturated carbocycles. The fourth-order valence-electron chi connectivity index (χ4n) is 2.32. The molecule has 0 saturated heterocycles. The number of hydrogen-bond acceptors (Lipinski definition) is 4. The minimum atomic E-state index is -0.418. The Balaban J connectivity index is 2.04. The Morgan fingerprint density at radius 1 is 1.11 bits per heavy atom. The molecular formula is C22H25NO4. The lowest BCUT2D eigenvalue weighted by atomic mass is 10.1. The van der Waals surface area contributed by atoms with Gasteiger partial charge < -0.3 is 14.8 Å². The Kier molecular flexibility index (Phi) is 7.62. The zero-order valence-electron chi connectivity index (χ0n) is 15.9. The van der Waals surface area contributed by atoms with Crippen LogP contribution in [0, 0.1) is 0 Å². The van der Waals surface area contributed by atoms with Gasteiger partial charge in [0.2, 0.25) is 5.91 Å². The number of amides is 1. The largest absolute Gasteiger partial charge is 0.493 e. The van der Waals surface area contributed by atoms with E-state index in [4.69, 9.17) is 9.47 Å². The lowest BCUT2D eigenvalue weighted by molar-refractivity contribution is -0.111. The van der Waals surface area contributed by atoms with Gasteiger partial charge in [-0.2, -0.15) is 0 Å². The highest BCUT2D eigenvalue weighted by molar-refractivity contribution is 6.02. The summed E-state index contributed by atoms with van der Waals surface area (Å²) in [6.45, 7) is 6.24. The molecule has 2 rings (SSSR count). The van der Waals surface area contributed by atoms with Crippen molar-refractivity contribution in [1.82, 2.24) is 0 Å². The second-order valence-corrected chi connectivity index (χ2v) is 6.24. The van der Waals surface area contributed by atoms with Crippen LogP contribution >= 0.6 is 0 Å². The summed E-state index contributed by atoms with van der Waals surface area (Å²) in [5.41, 5.74) is 1.75. The van der Waals surface area contributed by atoms with E-state index in [0.29, 0.717) is 17.9 Å². The molecule has 0 radical (unpaired) electrons. The van der Waals surface area contributed by atoms with Crippen molar-refractivity contribution in [1.29, 1.82) is 0 Å². The molecule has 142 valence electrons. The predicted octanol–water partition coefficient (Wildman–Crippen LogP) is 4.69. The number of carbonyl (C=O) groups excluding carboxylic acids is 2. The standard InChI is InChI=1S/C22H25NO4/c1-4-14-26-20-11-6-5-8-17(20)12-13-21(24)23-19-10-7-9-18(15-19)22(25)27-16(2)3/h5-13,15-16H,4,14H2,1-3H3,(H,23,24)/b13-12+. The van der Waals surface area contributed by atoms with E-state index in [1.54, 1.807) is 44.2 Å². The third-order valence-corrected chi connectivity index (χ3v) is 3.50. The molecule has 1 amide bonds. The summed E-state index contributed by atoms with van der Waals surface area (Å²) in [4.78, 5) is 24.2. The quantitative estimate of drug-likeness (QED) is 0.543. The topological polar surface area (TPSA) is 64.6 Å². The monoisotopic (exact) mass is 367 g/mol. The molecule has 0 aromatic heterocycles. The number of carbonyl (C=O) groups is 2. The molecule has 0 bridgehead atoms. The third kappa shape index (κ3) is 6.62. The van der Waals surface area contributed by atoms with Crippen LogP contribution in [-0.4, -0.2) is 24.6 Å². The molecule has 5 nitrogen and oxygen atoms in total. The Morgan fingerprint density at radius 3 is 2.63 bits per heavy atom. The molecule has 27 heavy (non-hydrogen) atoms. The molecule has 0 aliphatic heterocycles. The summed E-state index contributed by atoms with van der Waals surface area (Å²) in [7, 11) is 0. The van der Waals surface area contributed by atoms with Gasteiger partial charge in [-0.1, -0.05) is 31.2 Å². The van der Waals surface area contributed by atoms with E-state index in [1.165, 1.54) is 6.08 Å². The number of rotatable bonds is 8. The lowest BCUT2D eigenvalue weighted by Gasteiger charge is -2.09. The molecule has 0 atom stereocenters. The zero-order chi connectivity index (χ0) is 19.6. The van der Waals surface area contributed by atoms with E-state index in [0.717, 1.165) is 17.7 Å². The molecular weight excluding hydrogens is 342 g/mol. The van der Waals surface area contributed by atoms with Gasteiger partial charge in [-0.25, -0.2) is 4.79 Å². The first-order valence-electron chi connectivity index (χ1n) is 9.01. The van der Waals surface area contributed by atoms with E-state index in [-0.39, 0.29) is 12.0 Å². The Hall–Kier alpha value is -3.08. The minimum absolute atomic E-state index is 0.200. The van der Waals surface area contributed by atoms with Crippen molar-refractivity contribution in [3.63, 3.8) is 0 Å². The maximum atomic E-state index is 12.2. The molecule has 5 heteroatoms. The smallest absolute Gasteiger partial charge is 0.338 e. The number of nitrogens with one attached hydrogen (secondary N) is 1. The molecule has 0 heterocycles. The molecule has 0 aliphatic rings. The number of hydrogen-bond donors (Lipinski definition) is 1. The highest BCUT2D eigenvalue weighted by atomic mass is 16.5. The SMILES string of the molecule is CCCOc1ccccc1/C=C/C(=O)Nc1cccc(C(=O)OC(C)C)c1. The van der Waals surface area contributed by atoms with Crippen LogP contribution in [0.5, 0.6) is 5.75 Å². The first kappa shape index (κ1) is 20.2. The first-order valence-corrected chi connectivity index (χ1v) is 9.01. The Bertz CT molecular complexity index is 811. The molecule has 0 spiro atoms. The fraction of sp³-hybridized carbons (Fsp3) is 0.273. The molecule has 1 N–H and O–H groups in total.